The van der Waals surface area contributed by atoms with Crippen molar-refractivity contribution in [3.05, 3.63) is 34.9 Å². The molecular formula is C17H22N2O. The van der Waals surface area contributed by atoms with Gasteiger partial charge >= 0.3 is 0 Å². The first-order valence-corrected chi connectivity index (χ1v) is 7.24. The molecule has 1 fully saturated rings. The summed E-state index contributed by atoms with van der Waals surface area (Å²) in [6.45, 7) is 5.27. The quantitative estimate of drug-likeness (QED) is 0.796. The van der Waals surface area contributed by atoms with Crippen LogP contribution in [0.1, 0.15) is 47.7 Å². The van der Waals surface area contributed by atoms with Crippen LogP contribution < -0.4 is 5.73 Å². The summed E-state index contributed by atoms with van der Waals surface area (Å²) in [5.41, 5.74) is 8.00. The highest BCUT2D eigenvalue weighted by atomic mass is 16.2. The van der Waals surface area contributed by atoms with Gasteiger partial charge in [0.1, 0.15) is 0 Å². The Morgan fingerprint density at radius 3 is 2.95 bits per heavy atom. The summed E-state index contributed by atoms with van der Waals surface area (Å²) in [5, 5.41) is 0. The van der Waals surface area contributed by atoms with Crippen molar-refractivity contribution in [3.63, 3.8) is 0 Å². The third-order valence-electron chi connectivity index (χ3n) is 3.79. The molecule has 1 saturated heterocycles. The lowest BCUT2D eigenvalue weighted by Gasteiger charge is -2.33. The molecule has 1 aromatic carbocycles. The van der Waals surface area contributed by atoms with Crippen molar-refractivity contribution in [2.24, 2.45) is 5.73 Å². The van der Waals surface area contributed by atoms with Gasteiger partial charge in [-0.05, 0) is 45.2 Å². The van der Waals surface area contributed by atoms with E-state index in [9.17, 15) is 4.79 Å². The normalized spacial score (nSPS) is 18.4. The zero-order chi connectivity index (χ0) is 14.5. The minimum Gasteiger partial charge on any atom is -0.336 e. The van der Waals surface area contributed by atoms with E-state index in [2.05, 4.69) is 18.8 Å². The molecule has 3 heteroatoms. The molecule has 1 aliphatic rings. The number of aryl methyl sites for hydroxylation is 1. The average Bonchev–Trinajstić information content (AvgIpc) is 2.46. The van der Waals surface area contributed by atoms with Crippen LogP contribution in [0.25, 0.3) is 0 Å². The molecule has 106 valence electrons. The standard InChI is InChI=1S/C17H22N2O/c1-13-8-9-15(7-5-10-18)16(12-13)17(20)19-11-4-3-6-14(19)2/h8-9,12,14H,3-4,6,10-11,18H2,1-2H3. The number of rotatable bonds is 1. The minimum absolute atomic E-state index is 0.0993. The third-order valence-corrected chi connectivity index (χ3v) is 3.79. The van der Waals surface area contributed by atoms with Gasteiger partial charge in [0.15, 0.2) is 0 Å². The molecule has 2 N–H and O–H groups in total. The maximum atomic E-state index is 12.8. The van der Waals surface area contributed by atoms with Gasteiger partial charge in [-0.2, -0.15) is 0 Å². The zero-order valence-electron chi connectivity index (χ0n) is 12.3. The molecule has 3 nitrogen and oxygen atoms in total. The number of hydrogen-bond donors (Lipinski definition) is 1. The number of hydrogen-bond acceptors (Lipinski definition) is 2. The van der Waals surface area contributed by atoms with Gasteiger partial charge in [0, 0.05) is 18.2 Å². The topological polar surface area (TPSA) is 46.3 Å². The molecule has 0 saturated carbocycles. The predicted molar refractivity (Wildman–Crippen MR) is 81.5 cm³/mol. The van der Waals surface area contributed by atoms with E-state index in [-0.39, 0.29) is 5.91 Å². The molecule has 1 heterocycles. The van der Waals surface area contributed by atoms with Crippen LogP contribution in [0.2, 0.25) is 0 Å². The zero-order valence-corrected chi connectivity index (χ0v) is 12.3. The molecule has 1 amide bonds. The Bertz CT molecular complexity index is 554. The Morgan fingerprint density at radius 1 is 1.45 bits per heavy atom. The van der Waals surface area contributed by atoms with Crippen LogP contribution in [0.5, 0.6) is 0 Å². The highest BCUT2D eigenvalue weighted by molar-refractivity contribution is 5.97. The Balaban J connectivity index is 2.34. The number of carbonyl (C=O) groups excluding carboxylic acids is 1. The van der Waals surface area contributed by atoms with E-state index in [1.807, 2.05) is 30.0 Å². The van der Waals surface area contributed by atoms with Crippen molar-refractivity contribution in [1.82, 2.24) is 4.90 Å². The maximum absolute atomic E-state index is 12.8. The lowest BCUT2D eigenvalue weighted by molar-refractivity contribution is 0.0635. The van der Waals surface area contributed by atoms with Crippen molar-refractivity contribution in [1.29, 1.82) is 0 Å². The molecule has 0 spiro atoms. The summed E-state index contributed by atoms with van der Waals surface area (Å²) in [6.07, 6.45) is 3.38. The average molecular weight is 270 g/mol. The maximum Gasteiger partial charge on any atom is 0.255 e. The van der Waals surface area contributed by atoms with Crippen molar-refractivity contribution < 1.29 is 4.79 Å². The summed E-state index contributed by atoms with van der Waals surface area (Å²) >= 11 is 0. The van der Waals surface area contributed by atoms with E-state index < -0.39 is 0 Å². The number of amides is 1. The largest absolute Gasteiger partial charge is 0.336 e. The lowest BCUT2D eigenvalue weighted by atomic mass is 9.99. The second-order valence-electron chi connectivity index (χ2n) is 5.40. The molecule has 0 aliphatic carbocycles. The number of carbonyl (C=O) groups is 1. The van der Waals surface area contributed by atoms with Gasteiger partial charge in [-0.1, -0.05) is 23.5 Å². The SMILES string of the molecule is Cc1ccc(C#CCN)c(C(=O)N2CCCCC2C)c1. The summed E-state index contributed by atoms with van der Waals surface area (Å²) in [5.74, 6) is 5.95. The molecule has 2 rings (SSSR count). The van der Waals surface area contributed by atoms with E-state index in [1.54, 1.807) is 0 Å². The predicted octanol–water partition coefficient (Wildman–Crippen LogP) is 2.32. The van der Waals surface area contributed by atoms with Crippen LogP contribution in [-0.4, -0.2) is 29.9 Å². The summed E-state index contributed by atoms with van der Waals surface area (Å²) in [4.78, 5) is 14.8. The number of nitrogens with two attached hydrogens (primary N) is 1. The first kappa shape index (κ1) is 14.6. The van der Waals surface area contributed by atoms with Crippen LogP contribution in [0.15, 0.2) is 18.2 Å². The molecule has 1 aromatic rings. The van der Waals surface area contributed by atoms with Crippen molar-refractivity contribution in [2.75, 3.05) is 13.1 Å². The monoisotopic (exact) mass is 270 g/mol. The van der Waals surface area contributed by atoms with Crippen molar-refractivity contribution in [2.45, 2.75) is 39.2 Å². The first-order valence-electron chi connectivity index (χ1n) is 7.24. The van der Waals surface area contributed by atoms with Gasteiger partial charge in [0.05, 0.1) is 12.1 Å². The fraction of sp³-hybridized carbons (Fsp3) is 0.471. The number of likely N-dealkylation sites (tertiary alicyclic amines) is 1. The van der Waals surface area contributed by atoms with E-state index in [0.717, 1.165) is 30.5 Å². The lowest BCUT2D eigenvalue weighted by Crippen LogP contribution is -2.42. The smallest absolute Gasteiger partial charge is 0.255 e. The van der Waals surface area contributed by atoms with Gasteiger partial charge in [0.25, 0.3) is 5.91 Å². The van der Waals surface area contributed by atoms with Crippen molar-refractivity contribution >= 4 is 5.91 Å². The molecule has 1 atom stereocenters. The van der Waals surface area contributed by atoms with Crippen LogP contribution in [-0.2, 0) is 0 Å². The molecule has 0 bridgehead atoms. The summed E-state index contributed by atoms with van der Waals surface area (Å²) in [6, 6.07) is 6.15. The van der Waals surface area contributed by atoms with E-state index in [0.29, 0.717) is 18.2 Å². The minimum atomic E-state index is 0.0993. The Hall–Kier alpha value is -1.79. The fourth-order valence-corrected chi connectivity index (χ4v) is 2.64. The second kappa shape index (κ2) is 6.58. The molecular weight excluding hydrogens is 248 g/mol. The molecule has 20 heavy (non-hydrogen) atoms. The van der Waals surface area contributed by atoms with E-state index >= 15 is 0 Å². The number of piperidine rings is 1. The Morgan fingerprint density at radius 2 is 2.25 bits per heavy atom. The highest BCUT2D eigenvalue weighted by Gasteiger charge is 2.25. The van der Waals surface area contributed by atoms with Crippen LogP contribution in [0.3, 0.4) is 0 Å². The molecule has 1 unspecified atom stereocenters. The fourth-order valence-electron chi connectivity index (χ4n) is 2.64. The van der Waals surface area contributed by atoms with Gasteiger partial charge in [-0.15, -0.1) is 0 Å². The van der Waals surface area contributed by atoms with Gasteiger partial charge in [0.2, 0.25) is 0 Å². The van der Waals surface area contributed by atoms with Crippen LogP contribution in [0, 0.1) is 18.8 Å². The molecule has 1 aliphatic heterocycles. The van der Waals surface area contributed by atoms with Gasteiger partial charge < -0.3 is 10.6 Å². The van der Waals surface area contributed by atoms with Crippen LogP contribution >= 0.6 is 0 Å². The van der Waals surface area contributed by atoms with E-state index in [4.69, 9.17) is 5.73 Å². The first-order chi connectivity index (χ1) is 9.63. The van der Waals surface area contributed by atoms with E-state index in [1.165, 1.54) is 6.42 Å². The number of nitrogens with zero attached hydrogens (tertiary/aromatic N) is 1. The summed E-state index contributed by atoms with van der Waals surface area (Å²) < 4.78 is 0. The van der Waals surface area contributed by atoms with Gasteiger partial charge in [-0.3, -0.25) is 4.79 Å². The Kier molecular flexibility index (Phi) is 4.81. The Labute approximate surface area is 121 Å². The van der Waals surface area contributed by atoms with Crippen LogP contribution in [0.4, 0.5) is 0 Å². The second-order valence-corrected chi connectivity index (χ2v) is 5.40. The van der Waals surface area contributed by atoms with Gasteiger partial charge in [-0.25, -0.2) is 0 Å². The van der Waals surface area contributed by atoms with Crippen molar-refractivity contribution in [3.8, 4) is 11.8 Å². The highest BCUT2D eigenvalue weighted by Crippen LogP contribution is 2.21. The molecule has 0 radical (unpaired) electrons. The summed E-state index contributed by atoms with van der Waals surface area (Å²) in [7, 11) is 0. The number of benzene rings is 1. The third kappa shape index (κ3) is 3.20. The molecule has 0 aromatic heterocycles.